The molecule has 0 spiro atoms. The quantitative estimate of drug-likeness (QED) is 0.509. The molecular formula is C19H21N5OS. The van der Waals surface area contributed by atoms with E-state index in [0.717, 1.165) is 24.2 Å². The molecule has 3 rings (SSSR count). The fourth-order valence-electron chi connectivity index (χ4n) is 2.68. The summed E-state index contributed by atoms with van der Waals surface area (Å²) in [6.45, 7) is 6.21. The molecule has 2 aromatic carbocycles. The maximum absolute atomic E-state index is 9.36. The number of aromatic amines is 1. The van der Waals surface area contributed by atoms with E-state index in [0.29, 0.717) is 10.6 Å². The third-order valence-corrected chi connectivity index (χ3v) is 4.38. The van der Waals surface area contributed by atoms with Gasteiger partial charge in [-0.05, 0) is 80.2 Å². The Morgan fingerprint density at radius 3 is 2.38 bits per heavy atom. The highest BCUT2D eigenvalue weighted by Crippen LogP contribution is 2.22. The van der Waals surface area contributed by atoms with Gasteiger partial charge in [0.15, 0.2) is 5.82 Å². The Kier molecular flexibility index (Phi) is 5.48. The van der Waals surface area contributed by atoms with Crippen molar-refractivity contribution in [2.45, 2.75) is 13.8 Å². The first-order chi connectivity index (χ1) is 12.6. The fourth-order valence-corrected chi connectivity index (χ4v) is 2.86. The van der Waals surface area contributed by atoms with Crippen LogP contribution in [0.2, 0.25) is 0 Å². The van der Waals surface area contributed by atoms with Crippen LogP contribution in [0, 0.1) is 4.77 Å². The zero-order chi connectivity index (χ0) is 18.5. The Morgan fingerprint density at radius 1 is 1.12 bits per heavy atom. The molecule has 0 fully saturated rings. The van der Waals surface area contributed by atoms with Gasteiger partial charge >= 0.3 is 0 Å². The molecule has 0 aliphatic heterocycles. The Morgan fingerprint density at radius 2 is 1.77 bits per heavy atom. The molecule has 0 atom stereocenters. The van der Waals surface area contributed by atoms with Gasteiger partial charge in [0.1, 0.15) is 5.75 Å². The molecule has 0 amide bonds. The number of phenolic OH excluding ortho intramolecular Hbond substituents is 1. The number of anilines is 1. The molecular weight excluding hydrogens is 346 g/mol. The van der Waals surface area contributed by atoms with E-state index < -0.39 is 0 Å². The monoisotopic (exact) mass is 367 g/mol. The van der Waals surface area contributed by atoms with Gasteiger partial charge in [-0.1, -0.05) is 0 Å². The molecule has 134 valence electrons. The average Bonchev–Trinajstić information content (AvgIpc) is 3.03. The predicted octanol–water partition coefficient (Wildman–Crippen LogP) is 4.04. The first-order valence-electron chi connectivity index (χ1n) is 8.48. The second-order valence-electron chi connectivity index (χ2n) is 5.72. The van der Waals surface area contributed by atoms with Gasteiger partial charge in [0.2, 0.25) is 4.77 Å². The standard InChI is InChI=1S/C19H21N5OS/c1-3-23(4-2)16-9-7-15(8-10-16)18-21-22-19(26)24(18)20-13-14-5-11-17(25)12-6-14/h5-13,25H,3-4H2,1-2H3,(H,22,26). The molecule has 0 unspecified atom stereocenters. The summed E-state index contributed by atoms with van der Waals surface area (Å²) in [6.07, 6.45) is 1.68. The summed E-state index contributed by atoms with van der Waals surface area (Å²) in [6, 6.07) is 15.0. The summed E-state index contributed by atoms with van der Waals surface area (Å²) in [5.74, 6) is 0.868. The van der Waals surface area contributed by atoms with Gasteiger partial charge in [-0.25, -0.2) is 5.10 Å². The lowest BCUT2D eigenvalue weighted by molar-refractivity contribution is 0.475. The van der Waals surface area contributed by atoms with Crippen molar-refractivity contribution >= 4 is 24.1 Å². The molecule has 1 aromatic heterocycles. The molecule has 2 N–H and O–H groups in total. The molecule has 7 heteroatoms. The van der Waals surface area contributed by atoms with Crippen LogP contribution in [0.4, 0.5) is 5.69 Å². The highest BCUT2D eigenvalue weighted by atomic mass is 32.1. The number of aromatic nitrogens is 3. The molecule has 3 aromatic rings. The van der Waals surface area contributed by atoms with E-state index in [1.807, 2.05) is 12.1 Å². The lowest BCUT2D eigenvalue weighted by Crippen LogP contribution is -2.21. The van der Waals surface area contributed by atoms with E-state index in [9.17, 15) is 5.11 Å². The Balaban J connectivity index is 1.90. The second-order valence-corrected chi connectivity index (χ2v) is 6.11. The molecule has 0 saturated heterocycles. The number of nitrogens with zero attached hydrogens (tertiary/aromatic N) is 4. The van der Waals surface area contributed by atoms with Crippen molar-refractivity contribution in [2.24, 2.45) is 5.10 Å². The third kappa shape index (κ3) is 3.83. The van der Waals surface area contributed by atoms with Gasteiger partial charge in [0, 0.05) is 24.3 Å². The predicted molar refractivity (Wildman–Crippen MR) is 108 cm³/mol. The van der Waals surface area contributed by atoms with Crippen LogP contribution in [0.3, 0.4) is 0 Å². The molecule has 0 aliphatic rings. The van der Waals surface area contributed by atoms with Crippen molar-refractivity contribution < 1.29 is 5.11 Å². The van der Waals surface area contributed by atoms with Crippen LogP contribution in [-0.2, 0) is 0 Å². The van der Waals surface area contributed by atoms with E-state index in [1.165, 1.54) is 5.69 Å². The van der Waals surface area contributed by atoms with Crippen LogP contribution >= 0.6 is 12.2 Å². The van der Waals surface area contributed by atoms with Crippen LogP contribution in [0.5, 0.6) is 5.75 Å². The van der Waals surface area contributed by atoms with E-state index in [-0.39, 0.29) is 5.75 Å². The number of rotatable bonds is 6. The van der Waals surface area contributed by atoms with Gasteiger partial charge in [-0.15, -0.1) is 0 Å². The van der Waals surface area contributed by atoms with Crippen molar-refractivity contribution in [3.05, 3.63) is 58.9 Å². The highest BCUT2D eigenvalue weighted by molar-refractivity contribution is 7.71. The Bertz CT molecular complexity index is 937. The van der Waals surface area contributed by atoms with Crippen LogP contribution in [0.15, 0.2) is 53.6 Å². The zero-order valence-corrected chi connectivity index (χ0v) is 15.6. The Hall–Kier alpha value is -2.93. The lowest BCUT2D eigenvalue weighted by Gasteiger charge is -2.20. The lowest BCUT2D eigenvalue weighted by atomic mass is 10.2. The van der Waals surface area contributed by atoms with E-state index in [2.05, 4.69) is 46.2 Å². The van der Waals surface area contributed by atoms with Crippen molar-refractivity contribution in [3.8, 4) is 17.1 Å². The summed E-state index contributed by atoms with van der Waals surface area (Å²) in [7, 11) is 0. The van der Waals surface area contributed by atoms with Gasteiger partial charge in [-0.3, -0.25) is 0 Å². The normalized spacial score (nSPS) is 11.2. The number of hydrogen-bond donors (Lipinski definition) is 2. The molecule has 0 aliphatic carbocycles. The zero-order valence-electron chi connectivity index (χ0n) is 14.8. The minimum absolute atomic E-state index is 0.219. The maximum atomic E-state index is 9.36. The van der Waals surface area contributed by atoms with Crippen molar-refractivity contribution in [1.82, 2.24) is 14.9 Å². The van der Waals surface area contributed by atoms with Gasteiger partial charge in [-0.2, -0.15) is 14.9 Å². The number of aromatic hydroxyl groups is 1. The summed E-state index contributed by atoms with van der Waals surface area (Å²) in [4.78, 5) is 2.28. The summed E-state index contributed by atoms with van der Waals surface area (Å²) < 4.78 is 2.01. The minimum Gasteiger partial charge on any atom is -0.508 e. The van der Waals surface area contributed by atoms with E-state index in [4.69, 9.17) is 12.2 Å². The first kappa shape index (κ1) is 17.9. The maximum Gasteiger partial charge on any atom is 0.216 e. The highest BCUT2D eigenvalue weighted by Gasteiger charge is 2.09. The number of benzene rings is 2. The van der Waals surface area contributed by atoms with Gasteiger partial charge < -0.3 is 10.0 Å². The fraction of sp³-hybridized carbons (Fsp3) is 0.211. The van der Waals surface area contributed by atoms with E-state index in [1.54, 1.807) is 35.2 Å². The van der Waals surface area contributed by atoms with Crippen LogP contribution in [-0.4, -0.2) is 39.3 Å². The number of H-pyrrole nitrogens is 1. The van der Waals surface area contributed by atoms with Gasteiger partial charge in [0.25, 0.3) is 0 Å². The van der Waals surface area contributed by atoms with Crippen molar-refractivity contribution in [2.75, 3.05) is 18.0 Å². The number of phenols is 1. The number of nitrogens with one attached hydrogen (secondary N) is 1. The summed E-state index contributed by atoms with van der Waals surface area (Å²) in [5.41, 5.74) is 2.96. The minimum atomic E-state index is 0.219. The second kappa shape index (κ2) is 7.97. The largest absolute Gasteiger partial charge is 0.508 e. The Labute approximate surface area is 157 Å². The molecule has 0 bridgehead atoms. The molecule has 1 heterocycles. The van der Waals surface area contributed by atoms with Crippen molar-refractivity contribution in [3.63, 3.8) is 0 Å². The molecule has 0 radical (unpaired) electrons. The summed E-state index contributed by atoms with van der Waals surface area (Å²) in [5, 5.41) is 20.9. The van der Waals surface area contributed by atoms with Crippen molar-refractivity contribution in [1.29, 1.82) is 0 Å². The molecule has 26 heavy (non-hydrogen) atoms. The first-order valence-corrected chi connectivity index (χ1v) is 8.89. The molecule has 0 saturated carbocycles. The van der Waals surface area contributed by atoms with E-state index >= 15 is 0 Å². The topological polar surface area (TPSA) is 69.4 Å². The third-order valence-electron chi connectivity index (χ3n) is 4.12. The number of hydrogen-bond acceptors (Lipinski definition) is 5. The average molecular weight is 367 g/mol. The van der Waals surface area contributed by atoms with Crippen LogP contribution < -0.4 is 4.90 Å². The van der Waals surface area contributed by atoms with Gasteiger partial charge in [0.05, 0.1) is 6.21 Å². The molecule has 6 nitrogen and oxygen atoms in total. The smallest absolute Gasteiger partial charge is 0.216 e. The van der Waals surface area contributed by atoms with Crippen LogP contribution in [0.1, 0.15) is 19.4 Å². The summed E-state index contributed by atoms with van der Waals surface area (Å²) >= 11 is 5.30. The van der Waals surface area contributed by atoms with Crippen LogP contribution in [0.25, 0.3) is 11.4 Å². The SMILES string of the molecule is CCN(CC)c1ccc(-c2n[nH]c(=S)n2N=Cc2ccc(O)cc2)cc1.